The monoisotopic (exact) mass is 389 g/mol. The molecular weight excluding hydrogens is 349 g/mol. The molecule has 0 radical (unpaired) electrons. The summed E-state index contributed by atoms with van der Waals surface area (Å²) in [6.45, 7) is 18.9. The number of rotatable bonds is 11. The molecule has 120 valence electrons. The minimum absolute atomic E-state index is 0.746. The number of hydrogen-bond donors (Lipinski definition) is 0. The molecule has 0 aromatic carbocycles. The van der Waals surface area contributed by atoms with Gasteiger partial charge in [0.05, 0.1) is 0 Å². The third-order valence-electron chi connectivity index (χ3n) is 4.55. The van der Waals surface area contributed by atoms with Crippen LogP contribution in [-0.2, 0) is 0 Å². The van der Waals surface area contributed by atoms with E-state index in [9.17, 15) is 0 Å². The standard InChI is InChI=1S/C9H18N.3C3H7.Sn/c1-5-10(6-2)8-7-9(3)4;3*1-3-2;/h8-9H,5-6H2,1-4H3;3*1,3H2,2H3;. The van der Waals surface area contributed by atoms with Crippen molar-refractivity contribution in [2.45, 2.75) is 81.0 Å². The molecule has 0 N–H and O–H groups in total. The first kappa shape index (κ1) is 20.3. The second-order valence-corrected chi connectivity index (χ2v) is 19.7. The van der Waals surface area contributed by atoms with Gasteiger partial charge in [-0.3, -0.25) is 0 Å². The van der Waals surface area contributed by atoms with Crippen molar-refractivity contribution in [2.75, 3.05) is 13.1 Å². The molecule has 0 saturated carbocycles. The zero-order valence-electron chi connectivity index (χ0n) is 15.3. The van der Waals surface area contributed by atoms with Crippen molar-refractivity contribution in [3.63, 3.8) is 0 Å². The van der Waals surface area contributed by atoms with Crippen LogP contribution in [0.4, 0.5) is 0 Å². The Bertz CT molecular complexity index is 250. The maximum atomic E-state index is 2.60. The van der Waals surface area contributed by atoms with Gasteiger partial charge in [-0.05, 0) is 0 Å². The Morgan fingerprint density at radius 1 is 0.850 bits per heavy atom. The van der Waals surface area contributed by atoms with Crippen LogP contribution in [0.15, 0.2) is 9.79 Å². The fraction of sp³-hybridized carbons (Fsp3) is 0.889. The zero-order chi connectivity index (χ0) is 15.6. The van der Waals surface area contributed by atoms with Crippen LogP contribution < -0.4 is 0 Å². The summed E-state index contributed by atoms with van der Waals surface area (Å²) in [5, 5.41) is 0. The van der Waals surface area contributed by atoms with Crippen molar-refractivity contribution < 1.29 is 0 Å². The van der Waals surface area contributed by atoms with Gasteiger partial charge in [-0.15, -0.1) is 0 Å². The molecule has 0 heterocycles. The predicted molar refractivity (Wildman–Crippen MR) is 96.9 cm³/mol. The predicted octanol–water partition coefficient (Wildman–Crippen LogP) is 6.09. The van der Waals surface area contributed by atoms with Gasteiger partial charge in [0, 0.05) is 0 Å². The van der Waals surface area contributed by atoms with E-state index in [1.807, 2.05) is 3.59 Å². The first-order chi connectivity index (χ1) is 9.51. The van der Waals surface area contributed by atoms with Crippen LogP contribution in [0.25, 0.3) is 0 Å². The van der Waals surface area contributed by atoms with Crippen LogP contribution in [0.3, 0.4) is 0 Å². The number of hydrogen-bond acceptors (Lipinski definition) is 1. The fourth-order valence-electron chi connectivity index (χ4n) is 3.74. The average Bonchev–Trinajstić information content (AvgIpc) is 2.40. The maximum absolute atomic E-state index is 2.60. The van der Waals surface area contributed by atoms with E-state index in [1.165, 1.54) is 19.3 Å². The van der Waals surface area contributed by atoms with Crippen molar-refractivity contribution in [3.8, 4) is 0 Å². The van der Waals surface area contributed by atoms with Crippen molar-refractivity contribution in [2.24, 2.45) is 5.92 Å². The molecule has 1 nitrogen and oxygen atoms in total. The van der Waals surface area contributed by atoms with E-state index in [0.717, 1.165) is 19.0 Å². The molecule has 0 spiro atoms. The van der Waals surface area contributed by atoms with Gasteiger partial charge >= 0.3 is 133 Å². The Morgan fingerprint density at radius 3 is 1.50 bits per heavy atom. The molecule has 0 aliphatic rings. The first-order valence-electron chi connectivity index (χ1n) is 8.97. The first-order valence-corrected chi connectivity index (χ1v) is 16.5. The summed E-state index contributed by atoms with van der Waals surface area (Å²) >= 11 is -2.14. The molecular formula is C18H39NSn. The molecule has 0 aliphatic carbocycles. The summed E-state index contributed by atoms with van der Waals surface area (Å²) in [6, 6.07) is 0. The Labute approximate surface area is 133 Å². The molecule has 0 rings (SSSR count). The van der Waals surface area contributed by atoms with Gasteiger partial charge in [0.1, 0.15) is 0 Å². The number of allylic oxidation sites excluding steroid dienone is 1. The average molecular weight is 388 g/mol. The third-order valence-corrected chi connectivity index (χ3v) is 22.5. The van der Waals surface area contributed by atoms with Crippen molar-refractivity contribution in [3.05, 3.63) is 9.79 Å². The van der Waals surface area contributed by atoms with Crippen LogP contribution in [0, 0.1) is 5.92 Å². The molecule has 0 atom stereocenters. The SMILES string of the molecule is CC[CH2][Sn]([CH2]CC)([CH2]CC)/[C](=C/N(CC)CC)C(C)C. The zero-order valence-corrected chi connectivity index (χ0v) is 18.1. The van der Waals surface area contributed by atoms with Crippen LogP contribution >= 0.6 is 0 Å². The van der Waals surface area contributed by atoms with Gasteiger partial charge in [-0.2, -0.15) is 0 Å². The summed E-state index contributed by atoms with van der Waals surface area (Å²) in [5.41, 5.74) is 0. The second kappa shape index (κ2) is 11.0. The van der Waals surface area contributed by atoms with Crippen molar-refractivity contribution in [1.29, 1.82) is 0 Å². The molecule has 0 saturated heterocycles. The molecule has 0 fully saturated rings. The van der Waals surface area contributed by atoms with Gasteiger partial charge in [-0.25, -0.2) is 0 Å². The molecule has 0 aromatic heterocycles. The normalized spacial score (nSPS) is 13.1. The van der Waals surface area contributed by atoms with Crippen LogP contribution in [0.1, 0.15) is 67.7 Å². The van der Waals surface area contributed by atoms with E-state index in [2.05, 4.69) is 59.6 Å². The van der Waals surface area contributed by atoms with Gasteiger partial charge in [0.25, 0.3) is 0 Å². The molecule has 0 unspecified atom stereocenters. The third kappa shape index (κ3) is 5.99. The molecule has 2 heteroatoms. The van der Waals surface area contributed by atoms with E-state index in [0.29, 0.717) is 0 Å². The van der Waals surface area contributed by atoms with E-state index < -0.39 is 18.4 Å². The molecule has 0 aliphatic heterocycles. The van der Waals surface area contributed by atoms with Crippen LogP contribution in [0.2, 0.25) is 13.3 Å². The van der Waals surface area contributed by atoms with Gasteiger partial charge in [-0.1, -0.05) is 0 Å². The molecule has 0 bridgehead atoms. The number of nitrogens with zero attached hydrogens (tertiary/aromatic N) is 1. The Hall–Kier alpha value is 0.339. The fourth-order valence-corrected chi connectivity index (χ4v) is 21.4. The summed E-state index contributed by atoms with van der Waals surface area (Å²) in [4.78, 5) is 2.53. The summed E-state index contributed by atoms with van der Waals surface area (Å²) in [5.74, 6) is 0.746. The van der Waals surface area contributed by atoms with E-state index in [1.54, 1.807) is 13.3 Å². The quantitative estimate of drug-likeness (QED) is 0.388. The van der Waals surface area contributed by atoms with Gasteiger partial charge in [0.2, 0.25) is 0 Å². The topological polar surface area (TPSA) is 3.24 Å². The molecule has 20 heavy (non-hydrogen) atoms. The van der Waals surface area contributed by atoms with E-state index in [-0.39, 0.29) is 0 Å². The Kier molecular flexibility index (Phi) is 11.2. The summed E-state index contributed by atoms with van der Waals surface area (Å²) < 4.78 is 6.58. The Balaban J connectivity index is 5.60. The van der Waals surface area contributed by atoms with Crippen molar-refractivity contribution in [1.82, 2.24) is 4.90 Å². The summed E-state index contributed by atoms with van der Waals surface area (Å²) in [7, 11) is 0. The van der Waals surface area contributed by atoms with Crippen LogP contribution in [-0.4, -0.2) is 36.4 Å². The van der Waals surface area contributed by atoms with Crippen LogP contribution in [0.5, 0.6) is 0 Å². The molecule has 0 aromatic rings. The second-order valence-electron chi connectivity index (χ2n) is 6.49. The van der Waals surface area contributed by atoms with E-state index in [4.69, 9.17) is 0 Å². The Morgan fingerprint density at radius 2 is 1.25 bits per heavy atom. The molecule has 0 amide bonds. The van der Waals surface area contributed by atoms with Gasteiger partial charge in [0.15, 0.2) is 0 Å². The summed E-state index contributed by atoms with van der Waals surface area (Å²) in [6.07, 6.45) is 6.76. The minimum atomic E-state index is -2.14. The van der Waals surface area contributed by atoms with E-state index >= 15 is 0 Å². The van der Waals surface area contributed by atoms with Crippen molar-refractivity contribution >= 4 is 18.4 Å². The van der Waals surface area contributed by atoms with Gasteiger partial charge < -0.3 is 0 Å².